The zero-order valence-corrected chi connectivity index (χ0v) is 7.97. The van der Waals surface area contributed by atoms with Crippen LogP contribution in [0.4, 0.5) is 0 Å². The molecule has 0 radical (unpaired) electrons. The molecule has 1 heteroatoms. The lowest BCUT2D eigenvalue weighted by Crippen LogP contribution is -2.33. The van der Waals surface area contributed by atoms with Gasteiger partial charge in [0.1, 0.15) is 0 Å². The Hall–Kier alpha value is -0.0400. The van der Waals surface area contributed by atoms with Crippen molar-refractivity contribution in [2.24, 2.45) is 11.8 Å². The second kappa shape index (κ2) is 4.10. The second-order valence-electron chi connectivity index (χ2n) is 3.82. The van der Waals surface area contributed by atoms with E-state index < -0.39 is 0 Å². The predicted octanol–water partition coefficient (Wildman–Crippen LogP) is 2.85. The Bertz CT molecular complexity index is 109. The smallest absolute Gasteiger partial charge is 0.0603 e. The fraction of sp³-hybridized carbons (Fsp3) is 1.00. The van der Waals surface area contributed by atoms with Gasteiger partial charge in [0.05, 0.1) is 6.10 Å². The van der Waals surface area contributed by atoms with Gasteiger partial charge in [0.25, 0.3) is 0 Å². The van der Waals surface area contributed by atoms with Gasteiger partial charge in [-0.3, -0.25) is 0 Å². The highest BCUT2D eigenvalue weighted by Gasteiger charge is 2.26. The number of hydrogen-bond acceptors (Lipinski definition) is 1. The fourth-order valence-corrected chi connectivity index (χ4v) is 1.82. The Morgan fingerprint density at radius 1 is 1.36 bits per heavy atom. The van der Waals surface area contributed by atoms with Crippen LogP contribution in [0, 0.1) is 11.8 Å². The first-order valence-corrected chi connectivity index (χ1v) is 4.87. The SMILES string of the molecule is CCC[C@@H]1OCC[C@H](C)[C@@H]1C. The summed E-state index contributed by atoms with van der Waals surface area (Å²) in [6, 6.07) is 0. The molecule has 3 atom stereocenters. The van der Waals surface area contributed by atoms with Crippen LogP contribution in [0.15, 0.2) is 0 Å². The Morgan fingerprint density at radius 2 is 2.09 bits per heavy atom. The van der Waals surface area contributed by atoms with Gasteiger partial charge in [0.2, 0.25) is 0 Å². The molecule has 1 heterocycles. The van der Waals surface area contributed by atoms with Crippen molar-refractivity contribution < 1.29 is 4.74 Å². The van der Waals surface area contributed by atoms with Crippen LogP contribution >= 0.6 is 0 Å². The van der Waals surface area contributed by atoms with Crippen LogP contribution in [0.25, 0.3) is 0 Å². The van der Waals surface area contributed by atoms with Gasteiger partial charge in [-0.25, -0.2) is 0 Å². The third kappa shape index (κ3) is 2.19. The largest absolute Gasteiger partial charge is 0.378 e. The summed E-state index contributed by atoms with van der Waals surface area (Å²) < 4.78 is 5.70. The third-order valence-corrected chi connectivity index (χ3v) is 2.96. The Balaban J connectivity index is 2.38. The molecule has 0 aliphatic carbocycles. The van der Waals surface area contributed by atoms with Gasteiger partial charge in [-0.05, 0) is 24.7 Å². The van der Waals surface area contributed by atoms with Crippen molar-refractivity contribution in [2.45, 2.75) is 46.1 Å². The highest BCUT2D eigenvalue weighted by molar-refractivity contribution is 4.75. The highest BCUT2D eigenvalue weighted by Crippen LogP contribution is 2.28. The molecular weight excluding hydrogens is 136 g/mol. The minimum atomic E-state index is 0.545. The van der Waals surface area contributed by atoms with Gasteiger partial charge in [-0.2, -0.15) is 0 Å². The lowest BCUT2D eigenvalue weighted by atomic mass is 9.84. The van der Waals surface area contributed by atoms with E-state index in [-0.39, 0.29) is 0 Å². The lowest BCUT2D eigenvalue weighted by Gasteiger charge is -2.34. The molecule has 0 saturated carbocycles. The second-order valence-corrected chi connectivity index (χ2v) is 3.82. The van der Waals surface area contributed by atoms with Gasteiger partial charge in [0.15, 0.2) is 0 Å². The number of hydrogen-bond donors (Lipinski definition) is 0. The molecule has 0 spiro atoms. The molecule has 0 N–H and O–H groups in total. The van der Waals surface area contributed by atoms with Gasteiger partial charge >= 0.3 is 0 Å². The topological polar surface area (TPSA) is 9.23 Å². The third-order valence-electron chi connectivity index (χ3n) is 2.96. The maximum Gasteiger partial charge on any atom is 0.0603 e. The van der Waals surface area contributed by atoms with Crippen LogP contribution in [0.2, 0.25) is 0 Å². The van der Waals surface area contributed by atoms with Gasteiger partial charge in [0, 0.05) is 6.61 Å². The standard InChI is InChI=1S/C10H20O/c1-4-5-10-9(3)8(2)6-7-11-10/h8-10H,4-7H2,1-3H3/t8-,9-,10-/m0/s1. The maximum atomic E-state index is 5.70. The summed E-state index contributed by atoms with van der Waals surface area (Å²) in [6.07, 6.45) is 4.29. The molecule has 1 fully saturated rings. The van der Waals surface area contributed by atoms with E-state index in [1.807, 2.05) is 0 Å². The molecule has 0 aromatic carbocycles. The molecule has 0 bridgehead atoms. The normalized spacial score (nSPS) is 39.0. The molecule has 0 amide bonds. The first-order valence-electron chi connectivity index (χ1n) is 4.87. The molecule has 66 valence electrons. The Labute approximate surface area is 70.1 Å². The summed E-state index contributed by atoms with van der Waals surface area (Å²) >= 11 is 0. The number of ether oxygens (including phenoxy) is 1. The summed E-state index contributed by atoms with van der Waals surface area (Å²) in [5.74, 6) is 1.63. The summed E-state index contributed by atoms with van der Waals surface area (Å²) in [4.78, 5) is 0. The van der Waals surface area contributed by atoms with Crippen molar-refractivity contribution >= 4 is 0 Å². The van der Waals surface area contributed by atoms with E-state index in [0.29, 0.717) is 6.10 Å². The quantitative estimate of drug-likeness (QED) is 0.597. The highest BCUT2D eigenvalue weighted by atomic mass is 16.5. The molecule has 0 aromatic rings. The number of rotatable bonds is 2. The van der Waals surface area contributed by atoms with Crippen LogP contribution in [-0.2, 0) is 4.74 Å². The first kappa shape index (κ1) is 9.05. The fourth-order valence-electron chi connectivity index (χ4n) is 1.82. The minimum absolute atomic E-state index is 0.545. The zero-order chi connectivity index (χ0) is 8.27. The van der Waals surface area contributed by atoms with Crippen molar-refractivity contribution in [1.29, 1.82) is 0 Å². The minimum Gasteiger partial charge on any atom is -0.378 e. The molecule has 1 saturated heterocycles. The van der Waals surface area contributed by atoms with Crippen molar-refractivity contribution in [2.75, 3.05) is 6.61 Å². The van der Waals surface area contributed by atoms with E-state index in [4.69, 9.17) is 4.74 Å². The van der Waals surface area contributed by atoms with E-state index in [9.17, 15) is 0 Å². The van der Waals surface area contributed by atoms with Crippen molar-refractivity contribution in [3.05, 3.63) is 0 Å². The van der Waals surface area contributed by atoms with Crippen LogP contribution in [0.5, 0.6) is 0 Å². The van der Waals surface area contributed by atoms with E-state index in [1.165, 1.54) is 19.3 Å². The molecule has 1 nitrogen and oxygen atoms in total. The lowest BCUT2D eigenvalue weighted by molar-refractivity contribution is -0.0499. The van der Waals surface area contributed by atoms with Gasteiger partial charge in [-0.15, -0.1) is 0 Å². The monoisotopic (exact) mass is 156 g/mol. The molecule has 11 heavy (non-hydrogen) atoms. The summed E-state index contributed by atoms with van der Waals surface area (Å²) in [5, 5.41) is 0. The molecule has 0 aromatic heterocycles. The van der Waals surface area contributed by atoms with Crippen LogP contribution < -0.4 is 0 Å². The summed E-state index contributed by atoms with van der Waals surface area (Å²) in [6.45, 7) is 7.88. The van der Waals surface area contributed by atoms with Crippen molar-refractivity contribution in [3.63, 3.8) is 0 Å². The van der Waals surface area contributed by atoms with E-state index >= 15 is 0 Å². The Morgan fingerprint density at radius 3 is 2.73 bits per heavy atom. The average Bonchev–Trinajstić information content (AvgIpc) is 1.99. The van der Waals surface area contributed by atoms with E-state index in [1.54, 1.807) is 0 Å². The van der Waals surface area contributed by atoms with Crippen LogP contribution in [-0.4, -0.2) is 12.7 Å². The molecule has 0 unspecified atom stereocenters. The maximum absolute atomic E-state index is 5.70. The van der Waals surface area contributed by atoms with Crippen molar-refractivity contribution in [3.8, 4) is 0 Å². The summed E-state index contributed by atoms with van der Waals surface area (Å²) in [5.41, 5.74) is 0. The molecular formula is C10H20O. The summed E-state index contributed by atoms with van der Waals surface area (Å²) in [7, 11) is 0. The molecule has 1 aliphatic rings. The molecule has 1 rings (SSSR count). The van der Waals surface area contributed by atoms with Crippen LogP contribution in [0.3, 0.4) is 0 Å². The van der Waals surface area contributed by atoms with Crippen molar-refractivity contribution in [1.82, 2.24) is 0 Å². The average molecular weight is 156 g/mol. The van der Waals surface area contributed by atoms with Crippen LogP contribution in [0.1, 0.15) is 40.0 Å². The molecule has 1 aliphatic heterocycles. The predicted molar refractivity (Wildman–Crippen MR) is 47.6 cm³/mol. The Kier molecular flexibility index (Phi) is 3.38. The van der Waals surface area contributed by atoms with Gasteiger partial charge < -0.3 is 4.74 Å². The van der Waals surface area contributed by atoms with E-state index in [0.717, 1.165) is 18.4 Å². The first-order chi connectivity index (χ1) is 5.25. The van der Waals surface area contributed by atoms with E-state index in [2.05, 4.69) is 20.8 Å². The van der Waals surface area contributed by atoms with Gasteiger partial charge in [-0.1, -0.05) is 27.2 Å². The zero-order valence-electron chi connectivity index (χ0n) is 7.97.